The Bertz CT molecular complexity index is 549. The maximum Gasteiger partial charge on any atom is 0.269 e. The Balaban J connectivity index is 2.04. The van der Waals surface area contributed by atoms with Crippen LogP contribution in [0.25, 0.3) is 0 Å². The van der Waals surface area contributed by atoms with E-state index in [9.17, 15) is 10.1 Å². The lowest BCUT2D eigenvalue weighted by atomic mass is 10.2. The smallest absolute Gasteiger partial charge is 0.269 e. The van der Waals surface area contributed by atoms with Crippen molar-refractivity contribution in [3.8, 4) is 5.75 Å². The van der Waals surface area contributed by atoms with Gasteiger partial charge in [-0.3, -0.25) is 10.1 Å². The van der Waals surface area contributed by atoms with E-state index < -0.39 is 4.92 Å². The van der Waals surface area contributed by atoms with Crippen LogP contribution in [-0.4, -0.2) is 4.92 Å². The first-order chi connectivity index (χ1) is 8.65. The van der Waals surface area contributed by atoms with Gasteiger partial charge < -0.3 is 4.74 Å². The van der Waals surface area contributed by atoms with Crippen LogP contribution in [0.2, 0.25) is 0 Å². The Morgan fingerprint density at radius 1 is 1.17 bits per heavy atom. The predicted octanol–water partition coefficient (Wildman–Crippen LogP) is 3.48. The number of benzene rings is 2. The number of aryl methyl sites for hydroxylation is 1. The van der Waals surface area contributed by atoms with Gasteiger partial charge in [-0.2, -0.15) is 0 Å². The molecule has 0 spiro atoms. The van der Waals surface area contributed by atoms with E-state index in [4.69, 9.17) is 4.74 Å². The molecule has 0 aliphatic heterocycles. The van der Waals surface area contributed by atoms with Gasteiger partial charge in [0.1, 0.15) is 12.4 Å². The van der Waals surface area contributed by atoms with E-state index in [-0.39, 0.29) is 5.69 Å². The van der Waals surface area contributed by atoms with E-state index in [0.717, 1.165) is 16.9 Å². The molecule has 0 aromatic heterocycles. The Kier molecular flexibility index (Phi) is 3.57. The molecule has 0 aliphatic rings. The highest BCUT2D eigenvalue weighted by molar-refractivity contribution is 5.34. The van der Waals surface area contributed by atoms with Gasteiger partial charge >= 0.3 is 0 Å². The first-order valence-corrected chi connectivity index (χ1v) is 5.58. The molecule has 0 fully saturated rings. The number of ether oxygens (including phenoxy) is 1. The largest absolute Gasteiger partial charge is 0.489 e. The van der Waals surface area contributed by atoms with Crippen molar-refractivity contribution >= 4 is 5.69 Å². The summed E-state index contributed by atoms with van der Waals surface area (Å²) in [7, 11) is 0. The van der Waals surface area contributed by atoms with Gasteiger partial charge in [0.15, 0.2) is 0 Å². The molecule has 0 saturated carbocycles. The van der Waals surface area contributed by atoms with Crippen LogP contribution in [0, 0.1) is 17.0 Å². The topological polar surface area (TPSA) is 52.4 Å². The van der Waals surface area contributed by atoms with Crippen LogP contribution in [0.4, 0.5) is 5.69 Å². The van der Waals surface area contributed by atoms with Crippen LogP contribution in [-0.2, 0) is 6.61 Å². The molecule has 0 saturated heterocycles. The Morgan fingerprint density at radius 2 is 1.89 bits per heavy atom. The molecule has 4 heteroatoms. The van der Waals surface area contributed by atoms with Gasteiger partial charge in [-0.1, -0.05) is 29.8 Å². The molecule has 18 heavy (non-hydrogen) atoms. The number of nitro benzene ring substituents is 1. The fourth-order valence-electron chi connectivity index (χ4n) is 1.56. The lowest BCUT2D eigenvalue weighted by molar-refractivity contribution is -0.384. The van der Waals surface area contributed by atoms with E-state index in [2.05, 4.69) is 0 Å². The summed E-state index contributed by atoms with van der Waals surface area (Å²) in [6.45, 7) is 2.33. The molecule has 0 N–H and O–H groups in total. The highest BCUT2D eigenvalue weighted by Crippen LogP contribution is 2.16. The molecule has 0 bridgehead atoms. The minimum Gasteiger partial charge on any atom is -0.489 e. The number of rotatable bonds is 4. The molecule has 2 aromatic rings. The fraction of sp³-hybridized carbons (Fsp3) is 0.143. The van der Waals surface area contributed by atoms with Crippen molar-refractivity contribution < 1.29 is 9.66 Å². The third-order valence-electron chi connectivity index (χ3n) is 2.55. The summed E-state index contributed by atoms with van der Waals surface area (Å²) in [5.41, 5.74) is 2.03. The molecule has 0 unspecified atom stereocenters. The number of nitrogens with zero attached hydrogens (tertiary/aromatic N) is 1. The molecule has 2 rings (SSSR count). The van der Waals surface area contributed by atoms with Crippen LogP contribution in [0.15, 0.2) is 48.5 Å². The minimum absolute atomic E-state index is 0.0833. The van der Waals surface area contributed by atoms with Gasteiger partial charge in [0.05, 0.1) is 4.92 Å². The highest BCUT2D eigenvalue weighted by atomic mass is 16.6. The molecule has 0 amide bonds. The molecule has 0 aliphatic carbocycles. The number of hydrogen-bond donors (Lipinski definition) is 0. The summed E-state index contributed by atoms with van der Waals surface area (Å²) >= 11 is 0. The number of nitro groups is 1. The molecule has 4 nitrogen and oxygen atoms in total. The summed E-state index contributed by atoms with van der Waals surface area (Å²) in [5.74, 6) is 0.757. The van der Waals surface area contributed by atoms with Crippen molar-refractivity contribution in [3.63, 3.8) is 0 Å². The van der Waals surface area contributed by atoms with Crippen molar-refractivity contribution in [2.75, 3.05) is 0 Å². The molecule has 92 valence electrons. The maximum absolute atomic E-state index is 10.6. The average Bonchev–Trinajstić information content (AvgIpc) is 2.38. The zero-order valence-electron chi connectivity index (χ0n) is 10.00. The monoisotopic (exact) mass is 243 g/mol. The van der Waals surface area contributed by atoms with Crippen LogP contribution in [0.5, 0.6) is 5.75 Å². The number of non-ortho nitro benzene ring substituents is 1. The number of hydrogen-bond acceptors (Lipinski definition) is 3. The van der Waals surface area contributed by atoms with Crippen molar-refractivity contribution in [1.29, 1.82) is 0 Å². The SMILES string of the molecule is Cc1ccc(OCc2cccc([N+](=O)[O-])c2)cc1. The lowest BCUT2D eigenvalue weighted by Gasteiger charge is -2.06. The predicted molar refractivity (Wildman–Crippen MR) is 68.6 cm³/mol. The summed E-state index contributed by atoms with van der Waals surface area (Å²) < 4.78 is 5.56. The molecule has 0 atom stereocenters. The zero-order chi connectivity index (χ0) is 13.0. The van der Waals surface area contributed by atoms with Crippen molar-refractivity contribution in [3.05, 3.63) is 69.8 Å². The summed E-state index contributed by atoms with van der Waals surface area (Å²) in [6.07, 6.45) is 0. The molecule has 0 heterocycles. The Morgan fingerprint density at radius 3 is 2.56 bits per heavy atom. The second-order valence-corrected chi connectivity index (χ2v) is 4.03. The van der Waals surface area contributed by atoms with E-state index >= 15 is 0 Å². The zero-order valence-corrected chi connectivity index (χ0v) is 10.00. The first-order valence-electron chi connectivity index (χ1n) is 5.58. The minimum atomic E-state index is -0.407. The molecule has 2 aromatic carbocycles. The van der Waals surface area contributed by atoms with Crippen molar-refractivity contribution in [1.82, 2.24) is 0 Å². The third kappa shape index (κ3) is 3.07. The van der Waals surface area contributed by atoms with Gasteiger partial charge in [-0.05, 0) is 24.6 Å². The highest BCUT2D eigenvalue weighted by Gasteiger charge is 2.05. The summed E-state index contributed by atoms with van der Waals surface area (Å²) in [4.78, 5) is 10.2. The van der Waals surface area contributed by atoms with E-state index in [1.165, 1.54) is 12.1 Å². The van der Waals surface area contributed by atoms with Crippen LogP contribution < -0.4 is 4.74 Å². The standard InChI is InChI=1S/C14H13NO3/c1-11-5-7-14(8-6-11)18-10-12-3-2-4-13(9-12)15(16)17/h2-9H,10H2,1H3. The molecular weight excluding hydrogens is 230 g/mol. The van der Waals surface area contributed by atoms with Crippen molar-refractivity contribution in [2.45, 2.75) is 13.5 Å². The Hall–Kier alpha value is -2.36. The van der Waals surface area contributed by atoms with E-state index in [1.807, 2.05) is 31.2 Å². The van der Waals surface area contributed by atoms with Gasteiger partial charge in [-0.25, -0.2) is 0 Å². The van der Waals surface area contributed by atoms with Gasteiger partial charge in [0.2, 0.25) is 0 Å². The summed E-state index contributed by atoms with van der Waals surface area (Å²) in [6, 6.07) is 14.1. The first kappa shape index (κ1) is 12.1. The van der Waals surface area contributed by atoms with Crippen LogP contribution >= 0.6 is 0 Å². The maximum atomic E-state index is 10.6. The molecule has 0 radical (unpaired) electrons. The third-order valence-corrected chi connectivity index (χ3v) is 2.55. The molecular formula is C14H13NO3. The van der Waals surface area contributed by atoms with Gasteiger partial charge in [-0.15, -0.1) is 0 Å². The van der Waals surface area contributed by atoms with E-state index in [0.29, 0.717) is 6.61 Å². The van der Waals surface area contributed by atoms with Crippen molar-refractivity contribution in [2.24, 2.45) is 0 Å². The normalized spacial score (nSPS) is 10.1. The quantitative estimate of drug-likeness (QED) is 0.610. The van der Waals surface area contributed by atoms with Crippen LogP contribution in [0.1, 0.15) is 11.1 Å². The Labute approximate surface area is 105 Å². The van der Waals surface area contributed by atoms with Gasteiger partial charge in [0, 0.05) is 12.1 Å². The fourth-order valence-corrected chi connectivity index (χ4v) is 1.56. The van der Waals surface area contributed by atoms with Gasteiger partial charge in [0.25, 0.3) is 5.69 Å². The second-order valence-electron chi connectivity index (χ2n) is 4.03. The second kappa shape index (κ2) is 5.31. The average molecular weight is 243 g/mol. The summed E-state index contributed by atoms with van der Waals surface area (Å²) in [5, 5.41) is 10.6. The van der Waals surface area contributed by atoms with E-state index in [1.54, 1.807) is 12.1 Å². The lowest BCUT2D eigenvalue weighted by Crippen LogP contribution is -1.96. The van der Waals surface area contributed by atoms with Crippen LogP contribution in [0.3, 0.4) is 0 Å².